The van der Waals surface area contributed by atoms with E-state index in [1.807, 2.05) is 0 Å². The van der Waals surface area contributed by atoms with Gasteiger partial charge in [-0.2, -0.15) is 0 Å². The number of nitrogens with zero attached hydrogens (tertiary/aromatic N) is 1. The molecule has 2 aromatic rings. The number of urea groups is 1. The molecule has 1 saturated heterocycles. The molecule has 1 aliphatic rings. The van der Waals surface area contributed by atoms with Gasteiger partial charge in [-0.05, 0) is 42.5 Å². The predicted octanol–water partition coefficient (Wildman–Crippen LogP) is 3.55. The van der Waals surface area contributed by atoms with Crippen LogP contribution in [-0.2, 0) is 4.79 Å². The number of hydrogen-bond donors (Lipinski definition) is 2. The summed E-state index contributed by atoms with van der Waals surface area (Å²) >= 11 is 5.66. The van der Waals surface area contributed by atoms with E-state index in [4.69, 9.17) is 11.6 Å². The third kappa shape index (κ3) is 4.06. The SMILES string of the molecule is O=C(Nc1ccc(F)c(Cl)c1)NC1CC(=O)N(c2ccc(F)cc2)C1. The molecule has 0 aliphatic carbocycles. The summed E-state index contributed by atoms with van der Waals surface area (Å²) in [6.07, 6.45) is 0.134. The monoisotopic (exact) mass is 365 g/mol. The summed E-state index contributed by atoms with van der Waals surface area (Å²) in [5.41, 5.74) is 0.907. The number of anilines is 2. The molecule has 3 amide bonds. The van der Waals surface area contributed by atoms with Gasteiger partial charge >= 0.3 is 6.03 Å². The standard InChI is InChI=1S/C17H14ClF2N3O2/c18-14-7-11(3-6-15(14)20)21-17(25)22-12-8-16(24)23(9-12)13-4-1-10(19)2-5-13/h1-7,12H,8-9H2,(H2,21,22,25). The Balaban J connectivity index is 1.60. The van der Waals surface area contributed by atoms with Crippen LogP contribution in [0.15, 0.2) is 42.5 Å². The Morgan fingerprint density at radius 3 is 2.56 bits per heavy atom. The van der Waals surface area contributed by atoms with E-state index in [1.165, 1.54) is 41.3 Å². The number of carbonyl (C=O) groups is 2. The van der Waals surface area contributed by atoms with Crippen molar-refractivity contribution in [2.24, 2.45) is 0 Å². The minimum Gasteiger partial charge on any atom is -0.333 e. The highest BCUT2D eigenvalue weighted by atomic mass is 35.5. The molecular formula is C17H14ClF2N3O2. The maximum absolute atomic E-state index is 13.1. The summed E-state index contributed by atoms with van der Waals surface area (Å²) in [7, 11) is 0. The van der Waals surface area contributed by atoms with Crippen molar-refractivity contribution < 1.29 is 18.4 Å². The van der Waals surface area contributed by atoms with Gasteiger partial charge in [0.05, 0.1) is 11.1 Å². The number of halogens is 3. The van der Waals surface area contributed by atoms with Crippen LogP contribution in [0.5, 0.6) is 0 Å². The smallest absolute Gasteiger partial charge is 0.319 e. The molecule has 1 atom stereocenters. The molecule has 2 aromatic carbocycles. The molecule has 0 spiro atoms. The molecule has 0 saturated carbocycles. The molecule has 0 aromatic heterocycles. The number of amides is 3. The van der Waals surface area contributed by atoms with Gasteiger partial charge in [0.1, 0.15) is 11.6 Å². The molecule has 8 heteroatoms. The fraction of sp³-hybridized carbons (Fsp3) is 0.176. The van der Waals surface area contributed by atoms with Crippen molar-refractivity contribution in [1.82, 2.24) is 5.32 Å². The van der Waals surface area contributed by atoms with Gasteiger partial charge in [0, 0.05) is 24.3 Å². The molecule has 1 heterocycles. The van der Waals surface area contributed by atoms with E-state index < -0.39 is 17.9 Å². The molecule has 2 N–H and O–H groups in total. The van der Waals surface area contributed by atoms with Gasteiger partial charge in [-0.1, -0.05) is 11.6 Å². The number of hydrogen-bond acceptors (Lipinski definition) is 2. The largest absolute Gasteiger partial charge is 0.333 e. The van der Waals surface area contributed by atoms with Crippen molar-refractivity contribution in [2.75, 3.05) is 16.8 Å². The molecule has 5 nitrogen and oxygen atoms in total. The first-order valence-electron chi connectivity index (χ1n) is 7.51. The Morgan fingerprint density at radius 1 is 1.16 bits per heavy atom. The van der Waals surface area contributed by atoms with Gasteiger partial charge in [0.25, 0.3) is 0 Å². The van der Waals surface area contributed by atoms with Crippen molar-refractivity contribution in [3.63, 3.8) is 0 Å². The number of nitrogens with one attached hydrogen (secondary N) is 2. The maximum atomic E-state index is 13.1. The Labute approximate surface area is 147 Å². The van der Waals surface area contributed by atoms with Crippen molar-refractivity contribution in [1.29, 1.82) is 0 Å². The minimum absolute atomic E-state index is 0.101. The van der Waals surface area contributed by atoms with Gasteiger partial charge in [-0.25, -0.2) is 13.6 Å². The minimum atomic E-state index is -0.580. The fourth-order valence-corrected chi connectivity index (χ4v) is 2.78. The van der Waals surface area contributed by atoms with Crippen molar-refractivity contribution in [3.05, 3.63) is 59.1 Å². The third-order valence-electron chi connectivity index (χ3n) is 3.78. The van der Waals surface area contributed by atoms with Gasteiger partial charge < -0.3 is 15.5 Å². The Hall–Kier alpha value is -2.67. The van der Waals surface area contributed by atoms with Crippen LogP contribution in [-0.4, -0.2) is 24.5 Å². The lowest BCUT2D eigenvalue weighted by molar-refractivity contribution is -0.117. The predicted molar refractivity (Wildman–Crippen MR) is 90.7 cm³/mol. The molecule has 3 rings (SSSR count). The Kier molecular flexibility index (Phi) is 4.85. The topological polar surface area (TPSA) is 61.4 Å². The molecule has 130 valence electrons. The third-order valence-corrected chi connectivity index (χ3v) is 4.07. The number of benzene rings is 2. The van der Waals surface area contributed by atoms with Gasteiger partial charge in [-0.3, -0.25) is 4.79 Å². The molecule has 0 radical (unpaired) electrons. The van der Waals surface area contributed by atoms with Crippen LogP contribution in [0.25, 0.3) is 0 Å². The number of rotatable bonds is 3. The summed E-state index contributed by atoms with van der Waals surface area (Å²) < 4.78 is 26.1. The van der Waals surface area contributed by atoms with Crippen LogP contribution < -0.4 is 15.5 Å². The summed E-state index contributed by atoms with van der Waals surface area (Å²) in [5.74, 6) is -1.13. The zero-order chi connectivity index (χ0) is 18.0. The summed E-state index contributed by atoms with van der Waals surface area (Å²) in [6, 6.07) is 8.46. The van der Waals surface area contributed by atoms with Crippen LogP contribution in [0.3, 0.4) is 0 Å². The second kappa shape index (κ2) is 7.06. The second-order valence-corrected chi connectivity index (χ2v) is 6.02. The zero-order valence-corrected chi connectivity index (χ0v) is 13.7. The summed E-state index contributed by atoms with van der Waals surface area (Å²) in [6.45, 7) is 0.280. The normalized spacial score (nSPS) is 16.8. The van der Waals surface area contributed by atoms with Crippen LogP contribution in [0, 0.1) is 11.6 Å². The van der Waals surface area contributed by atoms with Crippen LogP contribution in [0.2, 0.25) is 5.02 Å². The molecular weight excluding hydrogens is 352 g/mol. The summed E-state index contributed by atoms with van der Waals surface area (Å²) in [5, 5.41) is 5.11. The van der Waals surface area contributed by atoms with Gasteiger partial charge in [-0.15, -0.1) is 0 Å². The quantitative estimate of drug-likeness (QED) is 0.873. The fourth-order valence-electron chi connectivity index (χ4n) is 2.60. The number of carbonyl (C=O) groups excluding carboxylic acids is 2. The maximum Gasteiger partial charge on any atom is 0.319 e. The molecule has 25 heavy (non-hydrogen) atoms. The van der Waals surface area contributed by atoms with Crippen LogP contribution in [0.4, 0.5) is 25.0 Å². The lowest BCUT2D eigenvalue weighted by atomic mass is 10.2. The van der Waals surface area contributed by atoms with Gasteiger partial charge in [0.15, 0.2) is 0 Å². The molecule has 1 unspecified atom stereocenters. The van der Waals surface area contributed by atoms with E-state index in [0.717, 1.165) is 6.07 Å². The molecule has 0 bridgehead atoms. The lowest BCUT2D eigenvalue weighted by Crippen LogP contribution is -2.39. The lowest BCUT2D eigenvalue weighted by Gasteiger charge is -2.17. The average molecular weight is 366 g/mol. The molecule has 1 aliphatic heterocycles. The summed E-state index contributed by atoms with van der Waals surface area (Å²) in [4.78, 5) is 25.6. The van der Waals surface area contributed by atoms with Crippen molar-refractivity contribution in [3.8, 4) is 0 Å². The van der Waals surface area contributed by atoms with E-state index in [2.05, 4.69) is 10.6 Å². The average Bonchev–Trinajstić information content (AvgIpc) is 2.92. The van der Waals surface area contributed by atoms with E-state index in [-0.39, 0.29) is 29.7 Å². The first-order valence-corrected chi connectivity index (χ1v) is 7.88. The van der Waals surface area contributed by atoms with Gasteiger partial charge in [0.2, 0.25) is 5.91 Å². The van der Waals surface area contributed by atoms with Crippen molar-refractivity contribution >= 4 is 34.9 Å². The van der Waals surface area contributed by atoms with E-state index in [0.29, 0.717) is 11.4 Å². The van der Waals surface area contributed by atoms with E-state index in [1.54, 1.807) is 0 Å². The molecule has 1 fully saturated rings. The first-order chi connectivity index (χ1) is 11.9. The van der Waals surface area contributed by atoms with E-state index in [9.17, 15) is 18.4 Å². The zero-order valence-electron chi connectivity index (χ0n) is 12.9. The van der Waals surface area contributed by atoms with E-state index >= 15 is 0 Å². The second-order valence-electron chi connectivity index (χ2n) is 5.61. The van der Waals surface area contributed by atoms with Crippen LogP contribution >= 0.6 is 11.6 Å². The highest BCUT2D eigenvalue weighted by molar-refractivity contribution is 6.31. The Bertz CT molecular complexity index is 814. The Morgan fingerprint density at radius 2 is 1.88 bits per heavy atom. The van der Waals surface area contributed by atoms with Crippen LogP contribution in [0.1, 0.15) is 6.42 Å². The first kappa shape index (κ1) is 17.2. The highest BCUT2D eigenvalue weighted by Gasteiger charge is 2.31. The highest BCUT2D eigenvalue weighted by Crippen LogP contribution is 2.22. The van der Waals surface area contributed by atoms with Crippen molar-refractivity contribution in [2.45, 2.75) is 12.5 Å².